The molecule has 4 aromatic rings. The molecule has 0 saturated heterocycles. The first-order chi connectivity index (χ1) is 16.3. The fourth-order valence-corrected chi connectivity index (χ4v) is 4.81. The second kappa shape index (κ2) is 10.1. The van der Waals surface area contributed by atoms with Gasteiger partial charge in [-0.05, 0) is 36.8 Å². The van der Waals surface area contributed by atoms with Gasteiger partial charge in [0.05, 0.1) is 23.1 Å². The summed E-state index contributed by atoms with van der Waals surface area (Å²) in [6.45, 7) is 2.00. The summed E-state index contributed by atoms with van der Waals surface area (Å²) in [5.41, 5.74) is 1.82. The number of nitrogens with zero attached hydrogens (tertiary/aromatic N) is 3. The Labute approximate surface area is 203 Å². The van der Waals surface area contributed by atoms with Gasteiger partial charge in [-0.25, -0.2) is 9.97 Å². The van der Waals surface area contributed by atoms with E-state index < -0.39 is 11.5 Å². The molecule has 34 heavy (non-hydrogen) atoms. The molecule has 4 rings (SSSR count). The average molecular weight is 496 g/mol. The lowest BCUT2D eigenvalue weighted by Gasteiger charge is -2.10. The highest BCUT2D eigenvalue weighted by Crippen LogP contribution is 2.27. The van der Waals surface area contributed by atoms with E-state index in [9.17, 15) is 14.4 Å². The SMILES string of the molecule is COc1cccc(NC(=O)c2cnc(SCC(=O)Nc3nc4ccc(C)cc4s3)n(C)c2=O)c1. The van der Waals surface area contributed by atoms with Crippen LogP contribution in [0.1, 0.15) is 15.9 Å². The molecule has 2 N–H and O–H groups in total. The largest absolute Gasteiger partial charge is 0.497 e. The lowest BCUT2D eigenvalue weighted by Crippen LogP contribution is -2.29. The standard InChI is InChI=1S/C23H21N5O4S2/c1-13-7-8-17-18(9-13)34-22(26-17)27-19(29)12-33-23-24-11-16(21(31)28(23)2)20(30)25-14-5-4-6-15(10-14)32-3/h4-11H,12H2,1-3H3,(H,25,30)(H,26,27,29). The molecule has 2 aromatic carbocycles. The van der Waals surface area contributed by atoms with E-state index in [1.807, 2.05) is 25.1 Å². The summed E-state index contributed by atoms with van der Waals surface area (Å²) in [6, 6.07) is 12.7. The maximum absolute atomic E-state index is 12.7. The molecule has 0 spiro atoms. The van der Waals surface area contributed by atoms with E-state index in [0.29, 0.717) is 21.7 Å². The third-order valence-electron chi connectivity index (χ3n) is 4.82. The summed E-state index contributed by atoms with van der Waals surface area (Å²) in [6.07, 6.45) is 1.22. The number of carbonyl (C=O) groups excluding carboxylic acids is 2. The first-order valence-corrected chi connectivity index (χ1v) is 12.0. The number of hydrogen-bond donors (Lipinski definition) is 2. The van der Waals surface area contributed by atoms with Crippen LogP contribution >= 0.6 is 23.1 Å². The number of methoxy groups -OCH3 is 1. The maximum Gasteiger partial charge on any atom is 0.266 e. The predicted molar refractivity (Wildman–Crippen MR) is 134 cm³/mol. The molecule has 0 aliphatic heterocycles. The summed E-state index contributed by atoms with van der Waals surface area (Å²) in [5.74, 6) is -0.240. The molecular weight excluding hydrogens is 474 g/mol. The summed E-state index contributed by atoms with van der Waals surface area (Å²) in [5, 5.41) is 6.27. The van der Waals surface area contributed by atoms with Gasteiger partial charge in [0.1, 0.15) is 11.3 Å². The Kier molecular flexibility index (Phi) is 6.94. The zero-order valence-electron chi connectivity index (χ0n) is 18.6. The zero-order valence-corrected chi connectivity index (χ0v) is 20.3. The van der Waals surface area contributed by atoms with Gasteiger partial charge in [0.15, 0.2) is 10.3 Å². The third-order valence-corrected chi connectivity index (χ3v) is 6.80. The molecule has 0 radical (unpaired) electrons. The highest BCUT2D eigenvalue weighted by Gasteiger charge is 2.17. The molecule has 2 aromatic heterocycles. The van der Waals surface area contributed by atoms with E-state index in [2.05, 4.69) is 20.6 Å². The fraction of sp³-hybridized carbons (Fsp3) is 0.174. The normalized spacial score (nSPS) is 10.8. The van der Waals surface area contributed by atoms with Crippen molar-refractivity contribution in [1.82, 2.24) is 14.5 Å². The molecule has 2 heterocycles. The Morgan fingerprint density at radius 3 is 2.79 bits per heavy atom. The van der Waals surface area contributed by atoms with Crippen molar-refractivity contribution in [2.75, 3.05) is 23.5 Å². The molecule has 11 heteroatoms. The Bertz CT molecular complexity index is 1450. The van der Waals surface area contributed by atoms with Crippen molar-refractivity contribution in [3.05, 3.63) is 70.1 Å². The number of aromatic nitrogens is 3. The van der Waals surface area contributed by atoms with Crippen LogP contribution in [0, 0.1) is 6.92 Å². The first-order valence-electron chi connectivity index (χ1n) is 10.2. The number of rotatable bonds is 7. The van der Waals surface area contributed by atoms with Crippen LogP contribution in [-0.4, -0.2) is 39.2 Å². The molecule has 0 aliphatic carbocycles. The van der Waals surface area contributed by atoms with Gasteiger partial charge in [-0.2, -0.15) is 0 Å². The van der Waals surface area contributed by atoms with Crippen LogP contribution in [0.3, 0.4) is 0 Å². The smallest absolute Gasteiger partial charge is 0.266 e. The number of ether oxygens (including phenoxy) is 1. The van der Waals surface area contributed by atoms with Crippen LogP contribution in [0.2, 0.25) is 0 Å². The third kappa shape index (κ3) is 5.26. The van der Waals surface area contributed by atoms with Gasteiger partial charge in [0.2, 0.25) is 5.91 Å². The molecule has 0 saturated carbocycles. The molecule has 0 atom stereocenters. The van der Waals surface area contributed by atoms with Crippen molar-refractivity contribution in [2.24, 2.45) is 7.05 Å². The van der Waals surface area contributed by atoms with Gasteiger partial charge in [0.25, 0.3) is 11.5 Å². The first kappa shape index (κ1) is 23.5. The monoisotopic (exact) mass is 495 g/mol. The number of amides is 2. The van der Waals surface area contributed by atoms with Crippen LogP contribution in [0.5, 0.6) is 5.75 Å². The number of fused-ring (bicyclic) bond motifs is 1. The number of benzene rings is 2. The Morgan fingerprint density at radius 2 is 2.00 bits per heavy atom. The van der Waals surface area contributed by atoms with Crippen molar-refractivity contribution in [2.45, 2.75) is 12.1 Å². The van der Waals surface area contributed by atoms with Gasteiger partial charge < -0.3 is 15.4 Å². The van der Waals surface area contributed by atoms with Gasteiger partial charge in [-0.3, -0.25) is 19.0 Å². The van der Waals surface area contributed by atoms with E-state index in [0.717, 1.165) is 27.5 Å². The van der Waals surface area contributed by atoms with Gasteiger partial charge in [-0.1, -0.05) is 35.2 Å². The number of thiazole rings is 1. The molecule has 0 bridgehead atoms. The maximum atomic E-state index is 12.7. The highest BCUT2D eigenvalue weighted by molar-refractivity contribution is 7.99. The molecule has 0 fully saturated rings. The van der Waals surface area contributed by atoms with Crippen LogP contribution in [0.25, 0.3) is 10.2 Å². The zero-order chi connectivity index (χ0) is 24.2. The molecule has 2 amide bonds. The van der Waals surface area contributed by atoms with E-state index >= 15 is 0 Å². The van der Waals surface area contributed by atoms with Crippen molar-refractivity contribution in [1.29, 1.82) is 0 Å². The van der Waals surface area contributed by atoms with Crippen LogP contribution in [0.15, 0.2) is 58.6 Å². The minimum absolute atomic E-state index is 0.0323. The number of anilines is 2. The highest BCUT2D eigenvalue weighted by atomic mass is 32.2. The number of hydrogen-bond acceptors (Lipinski definition) is 8. The van der Waals surface area contributed by atoms with Crippen molar-refractivity contribution < 1.29 is 14.3 Å². The van der Waals surface area contributed by atoms with Crippen LogP contribution < -0.4 is 20.9 Å². The van der Waals surface area contributed by atoms with Crippen molar-refractivity contribution >= 4 is 55.9 Å². The number of carbonyl (C=O) groups is 2. The van der Waals surface area contributed by atoms with E-state index in [4.69, 9.17) is 4.74 Å². The van der Waals surface area contributed by atoms with Crippen LogP contribution in [0.4, 0.5) is 10.8 Å². The van der Waals surface area contributed by atoms with E-state index in [-0.39, 0.29) is 17.2 Å². The average Bonchev–Trinajstić information content (AvgIpc) is 3.21. The van der Waals surface area contributed by atoms with Crippen molar-refractivity contribution in [3.8, 4) is 5.75 Å². The Morgan fingerprint density at radius 1 is 1.18 bits per heavy atom. The predicted octanol–water partition coefficient (Wildman–Crippen LogP) is 3.69. The quantitative estimate of drug-likeness (QED) is 0.297. The summed E-state index contributed by atoms with van der Waals surface area (Å²) < 4.78 is 7.38. The summed E-state index contributed by atoms with van der Waals surface area (Å²) in [7, 11) is 3.03. The second-order valence-electron chi connectivity index (χ2n) is 7.33. The fourth-order valence-electron chi connectivity index (χ4n) is 3.09. The Hall–Kier alpha value is -3.70. The summed E-state index contributed by atoms with van der Waals surface area (Å²) >= 11 is 2.50. The molecule has 0 aliphatic rings. The van der Waals surface area contributed by atoms with E-state index in [1.54, 1.807) is 24.3 Å². The van der Waals surface area contributed by atoms with E-state index in [1.165, 1.54) is 36.3 Å². The number of aryl methyl sites for hydroxylation is 1. The van der Waals surface area contributed by atoms with Gasteiger partial charge in [-0.15, -0.1) is 0 Å². The lowest BCUT2D eigenvalue weighted by atomic mass is 10.2. The number of thioether (sulfide) groups is 1. The molecule has 174 valence electrons. The topological polar surface area (TPSA) is 115 Å². The van der Waals surface area contributed by atoms with Gasteiger partial charge in [0, 0.05) is 25.0 Å². The Balaban J connectivity index is 1.40. The summed E-state index contributed by atoms with van der Waals surface area (Å²) in [4.78, 5) is 46.3. The molecule has 0 unspecified atom stereocenters. The second-order valence-corrected chi connectivity index (χ2v) is 9.30. The molecular formula is C23H21N5O4S2. The lowest BCUT2D eigenvalue weighted by molar-refractivity contribution is -0.113. The van der Waals surface area contributed by atoms with Crippen LogP contribution in [-0.2, 0) is 11.8 Å². The molecule has 9 nitrogen and oxygen atoms in total. The minimum atomic E-state index is -0.582. The van der Waals surface area contributed by atoms with Crippen molar-refractivity contribution in [3.63, 3.8) is 0 Å². The van der Waals surface area contributed by atoms with Gasteiger partial charge >= 0.3 is 0 Å². The minimum Gasteiger partial charge on any atom is -0.497 e. The number of nitrogens with one attached hydrogen (secondary N) is 2.